The van der Waals surface area contributed by atoms with Crippen molar-refractivity contribution < 1.29 is 5.11 Å². The van der Waals surface area contributed by atoms with E-state index in [0.29, 0.717) is 12.5 Å². The maximum atomic E-state index is 9.15. The Kier molecular flexibility index (Phi) is 4.18. The summed E-state index contributed by atoms with van der Waals surface area (Å²) in [7, 11) is 0. The van der Waals surface area contributed by atoms with Gasteiger partial charge in [0.05, 0.1) is 11.4 Å². The molecule has 1 aromatic rings. The first-order valence-corrected chi connectivity index (χ1v) is 6.65. The van der Waals surface area contributed by atoms with E-state index in [9.17, 15) is 0 Å². The lowest BCUT2D eigenvalue weighted by atomic mass is 10.1. The van der Waals surface area contributed by atoms with Crippen molar-refractivity contribution in [3.63, 3.8) is 0 Å². The number of aromatic nitrogens is 2. The standard InChI is InChI=1S/C13H23N3O/c1-3-12-7-13(16(4-2)14-12)9-15-6-5-11(8-15)10-17/h7,11,17H,3-6,8-10H2,1-2H3. The summed E-state index contributed by atoms with van der Waals surface area (Å²) in [5.41, 5.74) is 2.49. The van der Waals surface area contributed by atoms with Gasteiger partial charge in [0.1, 0.15) is 0 Å². The summed E-state index contributed by atoms with van der Waals surface area (Å²) < 4.78 is 2.10. The fourth-order valence-corrected chi connectivity index (χ4v) is 2.52. The van der Waals surface area contributed by atoms with Crippen LogP contribution in [0.3, 0.4) is 0 Å². The topological polar surface area (TPSA) is 41.3 Å². The van der Waals surface area contributed by atoms with Gasteiger partial charge in [-0.15, -0.1) is 0 Å². The fraction of sp³-hybridized carbons (Fsp3) is 0.769. The summed E-state index contributed by atoms with van der Waals surface area (Å²) in [5, 5.41) is 13.7. The second kappa shape index (κ2) is 5.65. The van der Waals surface area contributed by atoms with Crippen LogP contribution in [0.15, 0.2) is 6.07 Å². The van der Waals surface area contributed by atoms with Gasteiger partial charge in [-0.1, -0.05) is 6.92 Å². The molecule has 2 rings (SSSR count). The molecule has 0 radical (unpaired) electrons. The van der Waals surface area contributed by atoms with Crippen LogP contribution in [-0.4, -0.2) is 39.5 Å². The Labute approximate surface area is 103 Å². The van der Waals surface area contributed by atoms with Crippen LogP contribution in [0.25, 0.3) is 0 Å². The highest BCUT2D eigenvalue weighted by atomic mass is 16.3. The second-order valence-corrected chi connectivity index (χ2v) is 4.87. The Morgan fingerprint density at radius 2 is 2.29 bits per heavy atom. The average molecular weight is 237 g/mol. The molecular weight excluding hydrogens is 214 g/mol. The van der Waals surface area contributed by atoms with Crippen molar-refractivity contribution in [3.8, 4) is 0 Å². The minimum atomic E-state index is 0.323. The van der Waals surface area contributed by atoms with Crippen LogP contribution in [0.2, 0.25) is 0 Å². The number of hydrogen-bond donors (Lipinski definition) is 1. The first-order valence-electron chi connectivity index (χ1n) is 6.65. The summed E-state index contributed by atoms with van der Waals surface area (Å²) in [4.78, 5) is 2.42. The minimum absolute atomic E-state index is 0.323. The Hall–Kier alpha value is -0.870. The lowest BCUT2D eigenvalue weighted by Crippen LogP contribution is -2.22. The van der Waals surface area contributed by atoms with Gasteiger partial charge >= 0.3 is 0 Å². The molecule has 0 bridgehead atoms. The predicted molar refractivity (Wildman–Crippen MR) is 67.7 cm³/mol. The van der Waals surface area contributed by atoms with Crippen LogP contribution >= 0.6 is 0 Å². The van der Waals surface area contributed by atoms with E-state index in [1.165, 1.54) is 11.4 Å². The normalized spacial score (nSPS) is 21.2. The molecule has 1 aromatic heterocycles. The zero-order valence-corrected chi connectivity index (χ0v) is 10.9. The van der Waals surface area contributed by atoms with Crippen molar-refractivity contribution >= 4 is 0 Å². The van der Waals surface area contributed by atoms with E-state index in [-0.39, 0.29) is 0 Å². The molecule has 2 heterocycles. The van der Waals surface area contributed by atoms with Gasteiger partial charge in [-0.2, -0.15) is 5.10 Å². The van der Waals surface area contributed by atoms with Crippen molar-refractivity contribution in [3.05, 3.63) is 17.5 Å². The van der Waals surface area contributed by atoms with E-state index in [4.69, 9.17) is 5.11 Å². The van der Waals surface area contributed by atoms with E-state index in [0.717, 1.165) is 39.0 Å². The van der Waals surface area contributed by atoms with Crippen LogP contribution in [-0.2, 0) is 19.5 Å². The summed E-state index contributed by atoms with van der Waals surface area (Å²) >= 11 is 0. The van der Waals surface area contributed by atoms with Gasteiger partial charge in [0.25, 0.3) is 0 Å². The number of aliphatic hydroxyl groups is 1. The largest absolute Gasteiger partial charge is 0.396 e. The van der Waals surface area contributed by atoms with Gasteiger partial charge in [-0.3, -0.25) is 9.58 Å². The number of aliphatic hydroxyl groups excluding tert-OH is 1. The van der Waals surface area contributed by atoms with Crippen LogP contribution in [0.1, 0.15) is 31.7 Å². The Morgan fingerprint density at radius 1 is 1.47 bits per heavy atom. The van der Waals surface area contributed by atoms with Gasteiger partial charge < -0.3 is 5.11 Å². The molecule has 4 heteroatoms. The molecule has 0 amide bonds. The van der Waals surface area contributed by atoms with E-state index in [2.05, 4.69) is 34.6 Å². The summed E-state index contributed by atoms with van der Waals surface area (Å²) in [6.45, 7) is 8.63. The number of rotatable bonds is 5. The highest BCUT2D eigenvalue weighted by Crippen LogP contribution is 2.18. The molecule has 0 saturated carbocycles. The van der Waals surface area contributed by atoms with Crippen molar-refractivity contribution in [2.75, 3.05) is 19.7 Å². The van der Waals surface area contributed by atoms with Gasteiger partial charge in [0.2, 0.25) is 0 Å². The number of hydrogen-bond acceptors (Lipinski definition) is 3. The molecule has 1 fully saturated rings. The molecular formula is C13H23N3O. The number of aryl methyl sites for hydroxylation is 2. The maximum absolute atomic E-state index is 9.15. The quantitative estimate of drug-likeness (QED) is 0.838. The molecule has 1 aliphatic rings. The molecule has 1 N–H and O–H groups in total. The van der Waals surface area contributed by atoms with Crippen molar-refractivity contribution in [2.24, 2.45) is 5.92 Å². The second-order valence-electron chi connectivity index (χ2n) is 4.87. The third-order valence-electron chi connectivity index (χ3n) is 3.59. The first kappa shape index (κ1) is 12.6. The van der Waals surface area contributed by atoms with Crippen molar-refractivity contribution in [1.29, 1.82) is 0 Å². The minimum Gasteiger partial charge on any atom is -0.396 e. The van der Waals surface area contributed by atoms with Crippen LogP contribution < -0.4 is 0 Å². The van der Waals surface area contributed by atoms with E-state index in [1.54, 1.807) is 0 Å². The van der Waals surface area contributed by atoms with E-state index < -0.39 is 0 Å². The van der Waals surface area contributed by atoms with E-state index in [1.807, 2.05) is 0 Å². The molecule has 1 aliphatic heterocycles. The number of nitrogens with zero attached hydrogens (tertiary/aromatic N) is 3. The molecule has 0 spiro atoms. The summed E-state index contributed by atoms with van der Waals surface area (Å²) in [6, 6.07) is 2.22. The van der Waals surface area contributed by atoms with Crippen LogP contribution in [0.5, 0.6) is 0 Å². The predicted octanol–water partition coefficient (Wildman–Crippen LogP) is 1.28. The number of likely N-dealkylation sites (tertiary alicyclic amines) is 1. The third-order valence-corrected chi connectivity index (χ3v) is 3.59. The molecule has 96 valence electrons. The zero-order valence-electron chi connectivity index (χ0n) is 10.9. The molecule has 17 heavy (non-hydrogen) atoms. The highest BCUT2D eigenvalue weighted by molar-refractivity contribution is 5.10. The lowest BCUT2D eigenvalue weighted by molar-refractivity contribution is 0.219. The highest BCUT2D eigenvalue weighted by Gasteiger charge is 2.22. The van der Waals surface area contributed by atoms with Gasteiger partial charge in [-0.25, -0.2) is 0 Å². The Balaban J connectivity index is 2.00. The summed E-state index contributed by atoms with van der Waals surface area (Å²) in [6.07, 6.45) is 2.12. The third kappa shape index (κ3) is 2.87. The summed E-state index contributed by atoms with van der Waals surface area (Å²) in [5.74, 6) is 0.471. The first-order chi connectivity index (χ1) is 8.26. The van der Waals surface area contributed by atoms with Gasteiger partial charge in [0.15, 0.2) is 0 Å². The van der Waals surface area contributed by atoms with Gasteiger partial charge in [0, 0.05) is 26.2 Å². The van der Waals surface area contributed by atoms with Crippen molar-refractivity contribution in [1.82, 2.24) is 14.7 Å². The molecule has 0 aliphatic carbocycles. The van der Waals surface area contributed by atoms with E-state index >= 15 is 0 Å². The van der Waals surface area contributed by atoms with Crippen molar-refractivity contribution in [2.45, 2.75) is 39.8 Å². The Bertz CT molecular complexity index is 362. The van der Waals surface area contributed by atoms with Crippen LogP contribution in [0.4, 0.5) is 0 Å². The molecule has 4 nitrogen and oxygen atoms in total. The molecule has 0 aromatic carbocycles. The molecule has 1 unspecified atom stereocenters. The maximum Gasteiger partial charge on any atom is 0.0625 e. The molecule has 1 saturated heterocycles. The zero-order chi connectivity index (χ0) is 12.3. The van der Waals surface area contributed by atoms with Gasteiger partial charge in [-0.05, 0) is 38.3 Å². The average Bonchev–Trinajstić information content (AvgIpc) is 2.95. The lowest BCUT2D eigenvalue weighted by Gasteiger charge is -2.15. The SMILES string of the molecule is CCc1cc(CN2CCC(CO)C2)n(CC)n1. The molecule has 1 atom stereocenters. The monoisotopic (exact) mass is 237 g/mol. The Morgan fingerprint density at radius 3 is 2.88 bits per heavy atom. The fourth-order valence-electron chi connectivity index (χ4n) is 2.52. The van der Waals surface area contributed by atoms with Crippen LogP contribution in [0, 0.1) is 5.92 Å². The smallest absolute Gasteiger partial charge is 0.0625 e.